The van der Waals surface area contributed by atoms with E-state index in [1.165, 1.54) is 0 Å². The van der Waals surface area contributed by atoms with Crippen molar-refractivity contribution in [2.24, 2.45) is 0 Å². The number of rotatable bonds is 1. The third-order valence-corrected chi connectivity index (χ3v) is 2.02. The highest BCUT2D eigenvalue weighted by molar-refractivity contribution is 7.81. The molecule has 3 heteroatoms. The second-order valence-electron chi connectivity index (χ2n) is 2.66. The Labute approximate surface area is 66.4 Å². The van der Waals surface area contributed by atoms with Gasteiger partial charge in [-0.25, -0.2) is 0 Å². The molecule has 2 nitrogen and oxygen atoms in total. The predicted molar refractivity (Wildman–Crippen MR) is 42.2 cm³/mol. The number of hydrogen-bond acceptors (Lipinski definition) is 3. The van der Waals surface area contributed by atoms with Crippen LogP contribution in [0.15, 0.2) is 0 Å². The zero-order valence-electron chi connectivity index (χ0n) is 6.04. The Morgan fingerprint density at radius 3 is 2.90 bits per heavy atom. The number of hydrogen-bond donors (Lipinski definition) is 1. The molecule has 0 bridgehead atoms. The molecule has 0 amide bonds. The minimum Gasteiger partial charge on any atom is -0.461 e. The number of thiol groups is 1. The van der Waals surface area contributed by atoms with Crippen LogP contribution in [0.25, 0.3) is 0 Å². The molecule has 0 aromatic heterocycles. The molecule has 0 aliphatic carbocycles. The van der Waals surface area contributed by atoms with Gasteiger partial charge in [-0.15, -0.1) is 0 Å². The molecule has 0 radical (unpaired) electrons. The molecule has 1 heterocycles. The van der Waals surface area contributed by atoms with Gasteiger partial charge in [0.05, 0.1) is 0 Å². The Hall–Kier alpha value is -0.180. The number of carbonyl (C=O) groups is 1. The molecule has 0 saturated carbocycles. The smallest absolute Gasteiger partial charge is 0.306 e. The van der Waals surface area contributed by atoms with Gasteiger partial charge >= 0.3 is 5.97 Å². The predicted octanol–water partition coefficient (Wildman–Crippen LogP) is 1.40. The average Bonchev–Trinajstić information content (AvgIpc) is 1.88. The number of ether oxygens (including phenoxy) is 1. The van der Waals surface area contributed by atoms with Gasteiger partial charge in [0.25, 0.3) is 0 Å². The standard InChI is InChI=1S/C7H12O2S/c1-5(10)6-3-2-4-7(8)9-6/h5-6,10H,2-4H2,1H3. The van der Waals surface area contributed by atoms with E-state index in [-0.39, 0.29) is 17.3 Å². The molecular formula is C7H12O2S. The third kappa shape index (κ3) is 1.90. The molecule has 2 atom stereocenters. The van der Waals surface area contributed by atoms with Crippen molar-refractivity contribution in [3.05, 3.63) is 0 Å². The van der Waals surface area contributed by atoms with Crippen molar-refractivity contribution in [3.8, 4) is 0 Å². The summed E-state index contributed by atoms with van der Waals surface area (Å²) in [7, 11) is 0. The maximum Gasteiger partial charge on any atom is 0.306 e. The number of cyclic esters (lactones) is 1. The van der Waals surface area contributed by atoms with Gasteiger partial charge in [-0.2, -0.15) is 12.6 Å². The highest BCUT2D eigenvalue weighted by atomic mass is 32.1. The van der Waals surface area contributed by atoms with E-state index in [9.17, 15) is 4.79 Å². The van der Waals surface area contributed by atoms with Crippen LogP contribution in [0.4, 0.5) is 0 Å². The summed E-state index contributed by atoms with van der Waals surface area (Å²) in [4.78, 5) is 10.7. The van der Waals surface area contributed by atoms with E-state index in [1.807, 2.05) is 6.92 Å². The summed E-state index contributed by atoms with van der Waals surface area (Å²) in [5, 5.41) is 0.171. The molecule has 1 aliphatic heterocycles. The quantitative estimate of drug-likeness (QED) is 0.463. The first-order valence-electron chi connectivity index (χ1n) is 3.57. The van der Waals surface area contributed by atoms with Gasteiger partial charge in [0.15, 0.2) is 0 Å². The largest absolute Gasteiger partial charge is 0.461 e. The van der Waals surface area contributed by atoms with Gasteiger partial charge in [0.2, 0.25) is 0 Å². The van der Waals surface area contributed by atoms with Crippen molar-refractivity contribution in [2.45, 2.75) is 37.5 Å². The zero-order valence-corrected chi connectivity index (χ0v) is 6.93. The van der Waals surface area contributed by atoms with Gasteiger partial charge < -0.3 is 4.74 Å². The van der Waals surface area contributed by atoms with Crippen LogP contribution in [0, 0.1) is 0 Å². The Balaban J connectivity index is 2.39. The molecule has 1 aliphatic rings. The first-order chi connectivity index (χ1) is 4.70. The van der Waals surface area contributed by atoms with Crippen molar-refractivity contribution in [1.82, 2.24) is 0 Å². The minimum atomic E-state index is -0.0721. The van der Waals surface area contributed by atoms with Crippen molar-refractivity contribution in [2.75, 3.05) is 0 Å². The molecule has 2 unspecified atom stereocenters. The summed E-state index contributed by atoms with van der Waals surface area (Å²) in [6.07, 6.45) is 2.55. The molecule has 0 aromatic carbocycles. The molecule has 0 aromatic rings. The SMILES string of the molecule is CC(S)C1CCCC(=O)O1. The highest BCUT2D eigenvalue weighted by Gasteiger charge is 2.22. The molecule has 1 rings (SSSR count). The van der Waals surface area contributed by atoms with E-state index in [1.54, 1.807) is 0 Å². The van der Waals surface area contributed by atoms with E-state index >= 15 is 0 Å². The summed E-state index contributed by atoms with van der Waals surface area (Å²) in [6.45, 7) is 1.95. The van der Waals surface area contributed by atoms with Gasteiger partial charge in [-0.3, -0.25) is 4.79 Å². The lowest BCUT2D eigenvalue weighted by molar-refractivity contribution is -0.153. The number of esters is 1. The Morgan fingerprint density at radius 2 is 2.50 bits per heavy atom. The highest BCUT2D eigenvalue weighted by Crippen LogP contribution is 2.19. The van der Waals surface area contributed by atoms with Gasteiger partial charge in [0, 0.05) is 11.7 Å². The lowest BCUT2D eigenvalue weighted by Gasteiger charge is -2.24. The fourth-order valence-corrected chi connectivity index (χ4v) is 1.28. The zero-order chi connectivity index (χ0) is 7.56. The fraction of sp³-hybridized carbons (Fsp3) is 0.857. The molecular weight excluding hydrogens is 148 g/mol. The second-order valence-corrected chi connectivity index (χ2v) is 3.48. The van der Waals surface area contributed by atoms with Crippen LogP contribution >= 0.6 is 12.6 Å². The molecule has 10 heavy (non-hydrogen) atoms. The lowest BCUT2D eigenvalue weighted by atomic mass is 10.1. The average molecular weight is 160 g/mol. The fourth-order valence-electron chi connectivity index (χ4n) is 1.07. The van der Waals surface area contributed by atoms with Crippen LogP contribution in [-0.2, 0) is 9.53 Å². The van der Waals surface area contributed by atoms with Crippen LogP contribution in [-0.4, -0.2) is 17.3 Å². The monoisotopic (exact) mass is 160 g/mol. The van der Waals surface area contributed by atoms with Crippen molar-refractivity contribution >= 4 is 18.6 Å². The van der Waals surface area contributed by atoms with Crippen LogP contribution in [0.1, 0.15) is 26.2 Å². The summed E-state index contributed by atoms with van der Waals surface area (Å²) in [6, 6.07) is 0. The van der Waals surface area contributed by atoms with Crippen LogP contribution < -0.4 is 0 Å². The van der Waals surface area contributed by atoms with Crippen LogP contribution in [0.5, 0.6) is 0 Å². The van der Waals surface area contributed by atoms with Gasteiger partial charge in [0.1, 0.15) is 6.10 Å². The van der Waals surface area contributed by atoms with Crippen LogP contribution in [0.2, 0.25) is 0 Å². The summed E-state index contributed by atoms with van der Waals surface area (Å²) in [5.41, 5.74) is 0. The Bertz CT molecular complexity index is 134. The van der Waals surface area contributed by atoms with Crippen molar-refractivity contribution in [1.29, 1.82) is 0 Å². The van der Waals surface area contributed by atoms with E-state index in [0.717, 1.165) is 12.8 Å². The summed E-state index contributed by atoms with van der Waals surface area (Å²) < 4.78 is 5.03. The molecule has 1 saturated heterocycles. The lowest BCUT2D eigenvalue weighted by Crippen LogP contribution is -2.29. The summed E-state index contributed by atoms with van der Waals surface area (Å²) in [5.74, 6) is -0.0721. The summed E-state index contributed by atoms with van der Waals surface area (Å²) >= 11 is 4.20. The van der Waals surface area contributed by atoms with E-state index in [4.69, 9.17) is 4.74 Å². The topological polar surface area (TPSA) is 26.3 Å². The second kappa shape index (κ2) is 3.28. The van der Waals surface area contributed by atoms with Crippen molar-refractivity contribution in [3.63, 3.8) is 0 Å². The maximum atomic E-state index is 10.7. The minimum absolute atomic E-state index is 0.0459. The van der Waals surface area contributed by atoms with E-state index in [0.29, 0.717) is 6.42 Å². The Morgan fingerprint density at radius 1 is 1.80 bits per heavy atom. The third-order valence-electron chi connectivity index (χ3n) is 1.69. The van der Waals surface area contributed by atoms with E-state index < -0.39 is 0 Å². The van der Waals surface area contributed by atoms with E-state index in [2.05, 4.69) is 12.6 Å². The first kappa shape index (κ1) is 7.92. The molecule has 0 N–H and O–H groups in total. The van der Waals surface area contributed by atoms with Gasteiger partial charge in [-0.05, 0) is 19.8 Å². The first-order valence-corrected chi connectivity index (χ1v) is 4.09. The van der Waals surface area contributed by atoms with Crippen LogP contribution in [0.3, 0.4) is 0 Å². The number of carbonyl (C=O) groups excluding carboxylic acids is 1. The van der Waals surface area contributed by atoms with Gasteiger partial charge in [-0.1, -0.05) is 0 Å². The molecule has 0 spiro atoms. The molecule has 1 fully saturated rings. The van der Waals surface area contributed by atoms with Crippen molar-refractivity contribution < 1.29 is 9.53 Å². The maximum absolute atomic E-state index is 10.7. The Kier molecular flexibility index (Phi) is 2.60. The molecule has 58 valence electrons. The normalized spacial score (nSPS) is 29.4.